The number of amides is 1. The van der Waals surface area contributed by atoms with Gasteiger partial charge in [-0.25, -0.2) is 0 Å². The summed E-state index contributed by atoms with van der Waals surface area (Å²) in [6, 6.07) is 12.4. The summed E-state index contributed by atoms with van der Waals surface area (Å²) < 4.78 is 1.75. The van der Waals surface area contributed by atoms with E-state index in [4.69, 9.17) is 0 Å². The van der Waals surface area contributed by atoms with Crippen molar-refractivity contribution in [3.05, 3.63) is 53.9 Å². The van der Waals surface area contributed by atoms with Crippen LogP contribution in [0.3, 0.4) is 0 Å². The first kappa shape index (κ1) is 18.3. The van der Waals surface area contributed by atoms with Gasteiger partial charge in [-0.3, -0.25) is 9.48 Å². The van der Waals surface area contributed by atoms with Gasteiger partial charge in [-0.05, 0) is 43.2 Å². The largest absolute Gasteiger partial charge is 0.379 e. The predicted octanol–water partition coefficient (Wildman–Crippen LogP) is 3.80. The maximum atomic E-state index is 12.1. The van der Waals surface area contributed by atoms with E-state index in [9.17, 15) is 10.1 Å². The zero-order valence-electron chi connectivity index (χ0n) is 16.9. The Hall–Kier alpha value is -3.79. The average molecular weight is 398 g/mol. The van der Waals surface area contributed by atoms with Crippen LogP contribution in [-0.4, -0.2) is 28.3 Å². The summed E-state index contributed by atoms with van der Waals surface area (Å²) in [6.45, 7) is 2.83. The Morgan fingerprint density at radius 2 is 2.13 bits per heavy atom. The van der Waals surface area contributed by atoms with Crippen LogP contribution in [0.2, 0.25) is 0 Å². The minimum Gasteiger partial charge on any atom is -0.379 e. The third kappa shape index (κ3) is 2.98. The molecule has 0 spiro atoms. The number of nitrogens with one attached hydrogen (secondary N) is 2. The third-order valence-corrected chi connectivity index (χ3v) is 5.74. The van der Waals surface area contributed by atoms with Crippen molar-refractivity contribution in [1.29, 1.82) is 5.26 Å². The molecule has 2 aromatic carbocycles. The van der Waals surface area contributed by atoms with Crippen LogP contribution < -0.4 is 15.5 Å². The number of hydrogen-bond donors (Lipinski definition) is 2. The van der Waals surface area contributed by atoms with Gasteiger partial charge in [0.05, 0.1) is 34.9 Å². The van der Waals surface area contributed by atoms with Crippen LogP contribution in [0, 0.1) is 11.3 Å². The lowest BCUT2D eigenvalue weighted by molar-refractivity contribution is -0.116. The van der Waals surface area contributed by atoms with E-state index < -0.39 is 0 Å². The van der Waals surface area contributed by atoms with E-state index in [-0.39, 0.29) is 11.9 Å². The molecule has 7 nitrogen and oxygen atoms in total. The van der Waals surface area contributed by atoms with Crippen LogP contribution in [-0.2, 0) is 18.3 Å². The Labute approximate surface area is 174 Å². The molecular formula is C23H22N6O. The van der Waals surface area contributed by atoms with Crippen LogP contribution in [0.4, 0.5) is 22.7 Å². The van der Waals surface area contributed by atoms with Gasteiger partial charge in [-0.15, -0.1) is 0 Å². The number of carbonyl (C=O) groups excluding carboxylic acids is 1. The molecule has 2 N–H and O–H groups in total. The highest BCUT2D eigenvalue weighted by molar-refractivity contribution is 6.00. The Balaban J connectivity index is 1.60. The molecule has 1 atom stereocenters. The van der Waals surface area contributed by atoms with Gasteiger partial charge < -0.3 is 15.5 Å². The third-order valence-electron chi connectivity index (χ3n) is 5.74. The Morgan fingerprint density at radius 1 is 1.27 bits per heavy atom. The fourth-order valence-corrected chi connectivity index (χ4v) is 4.38. The molecular weight excluding hydrogens is 376 g/mol. The second-order valence-corrected chi connectivity index (χ2v) is 7.94. The molecule has 2 aliphatic rings. The SMILES string of the molecule is C[C@@H]1CC(=O)Nc2cccc(N3CCc4cc(-c5cnn(C)c5)c(C#N)cc43)c2N1. The fraction of sp³-hybridized carbons (Fsp3) is 0.261. The number of nitriles is 1. The fourth-order valence-electron chi connectivity index (χ4n) is 4.38. The van der Waals surface area contributed by atoms with Crippen molar-refractivity contribution in [3.63, 3.8) is 0 Å². The number of anilines is 4. The highest BCUT2D eigenvalue weighted by atomic mass is 16.1. The zero-order valence-corrected chi connectivity index (χ0v) is 16.9. The molecule has 0 aliphatic carbocycles. The van der Waals surface area contributed by atoms with Crippen LogP contribution in [0.25, 0.3) is 11.1 Å². The van der Waals surface area contributed by atoms with Gasteiger partial charge in [0, 0.05) is 49.1 Å². The number of hydrogen-bond acceptors (Lipinski definition) is 5. The first-order chi connectivity index (χ1) is 14.5. The van der Waals surface area contributed by atoms with Gasteiger partial charge in [-0.1, -0.05) is 6.07 Å². The van der Waals surface area contributed by atoms with Gasteiger partial charge >= 0.3 is 0 Å². The topological polar surface area (TPSA) is 86.0 Å². The van der Waals surface area contributed by atoms with E-state index in [0.29, 0.717) is 12.0 Å². The van der Waals surface area contributed by atoms with Crippen LogP contribution in [0.1, 0.15) is 24.5 Å². The van der Waals surface area contributed by atoms with Crippen LogP contribution in [0.5, 0.6) is 0 Å². The van der Waals surface area contributed by atoms with Crippen molar-refractivity contribution in [2.45, 2.75) is 25.8 Å². The molecule has 1 aromatic heterocycles. The number of rotatable bonds is 2. The van der Waals surface area contributed by atoms with E-state index in [1.165, 1.54) is 5.56 Å². The molecule has 0 unspecified atom stereocenters. The van der Waals surface area contributed by atoms with E-state index in [0.717, 1.165) is 46.8 Å². The molecule has 5 rings (SSSR count). The van der Waals surface area contributed by atoms with Gasteiger partial charge in [-0.2, -0.15) is 10.4 Å². The molecule has 3 aromatic rings. The normalized spacial score (nSPS) is 17.4. The first-order valence-corrected chi connectivity index (χ1v) is 10.1. The van der Waals surface area contributed by atoms with Crippen molar-refractivity contribution in [3.8, 4) is 17.2 Å². The monoisotopic (exact) mass is 398 g/mol. The Kier molecular flexibility index (Phi) is 4.21. The second kappa shape index (κ2) is 6.92. The molecule has 0 saturated carbocycles. The summed E-state index contributed by atoms with van der Waals surface area (Å²) in [7, 11) is 1.87. The van der Waals surface area contributed by atoms with Crippen LogP contribution >= 0.6 is 0 Å². The summed E-state index contributed by atoms with van der Waals surface area (Å²) >= 11 is 0. The molecule has 0 bridgehead atoms. The van der Waals surface area contributed by atoms with E-state index in [1.807, 2.05) is 38.4 Å². The number of aryl methyl sites for hydroxylation is 1. The quantitative estimate of drug-likeness (QED) is 0.686. The molecule has 0 radical (unpaired) electrons. The lowest BCUT2D eigenvalue weighted by Crippen LogP contribution is -2.20. The molecule has 1 amide bonds. The standard InChI is InChI=1S/C23H22N6O/c1-14-8-22(30)27-19-4-3-5-20(23(19)26-14)29-7-6-15-9-18(16(11-24)10-21(15)29)17-12-25-28(2)13-17/h3-5,9-10,12-14,26H,6-8H2,1-2H3,(H,27,30)/t14-/m1/s1. The Bertz CT molecular complexity index is 1200. The maximum Gasteiger partial charge on any atom is 0.226 e. The van der Waals surface area contributed by atoms with E-state index in [2.05, 4.69) is 38.8 Å². The van der Waals surface area contributed by atoms with E-state index in [1.54, 1.807) is 10.9 Å². The average Bonchev–Trinajstić information content (AvgIpc) is 3.29. The maximum absolute atomic E-state index is 12.1. The molecule has 0 saturated heterocycles. The molecule has 2 aliphatic heterocycles. The van der Waals surface area contributed by atoms with Crippen molar-refractivity contribution >= 4 is 28.7 Å². The number of aromatic nitrogens is 2. The highest BCUT2D eigenvalue weighted by Crippen LogP contribution is 2.44. The second-order valence-electron chi connectivity index (χ2n) is 7.94. The summed E-state index contributed by atoms with van der Waals surface area (Å²) in [6.07, 6.45) is 5.04. The van der Waals surface area contributed by atoms with Crippen molar-refractivity contribution < 1.29 is 4.79 Å². The molecule has 7 heteroatoms. The van der Waals surface area contributed by atoms with Gasteiger partial charge in [0.1, 0.15) is 0 Å². The van der Waals surface area contributed by atoms with Crippen LogP contribution in [0.15, 0.2) is 42.7 Å². The van der Waals surface area contributed by atoms with Crippen molar-refractivity contribution in [2.24, 2.45) is 7.05 Å². The predicted molar refractivity (Wildman–Crippen MR) is 117 cm³/mol. The molecule has 150 valence electrons. The summed E-state index contributed by atoms with van der Waals surface area (Å²) in [5, 5.41) is 20.6. The number of benzene rings is 2. The minimum absolute atomic E-state index is 0.0144. The Morgan fingerprint density at radius 3 is 2.90 bits per heavy atom. The number of fused-ring (bicyclic) bond motifs is 2. The smallest absolute Gasteiger partial charge is 0.226 e. The van der Waals surface area contributed by atoms with Gasteiger partial charge in [0.25, 0.3) is 0 Å². The lowest BCUT2D eigenvalue weighted by atomic mass is 9.98. The number of nitrogens with zero attached hydrogens (tertiary/aromatic N) is 4. The van der Waals surface area contributed by atoms with Gasteiger partial charge in [0.2, 0.25) is 5.91 Å². The van der Waals surface area contributed by atoms with E-state index >= 15 is 0 Å². The van der Waals surface area contributed by atoms with Crippen molar-refractivity contribution in [1.82, 2.24) is 9.78 Å². The summed E-state index contributed by atoms with van der Waals surface area (Å²) in [5.41, 5.74) is 7.47. The number of para-hydroxylation sites is 1. The lowest BCUT2D eigenvalue weighted by Gasteiger charge is -2.25. The zero-order chi connectivity index (χ0) is 20.8. The highest BCUT2D eigenvalue weighted by Gasteiger charge is 2.28. The summed E-state index contributed by atoms with van der Waals surface area (Å²) in [5.74, 6) is 0.0144. The molecule has 0 fully saturated rings. The number of carbonyl (C=O) groups is 1. The molecule has 3 heterocycles. The minimum atomic E-state index is 0.0144. The summed E-state index contributed by atoms with van der Waals surface area (Å²) in [4.78, 5) is 14.4. The van der Waals surface area contributed by atoms with Crippen molar-refractivity contribution in [2.75, 3.05) is 22.1 Å². The first-order valence-electron chi connectivity index (χ1n) is 10.1. The molecule has 30 heavy (non-hydrogen) atoms. The van der Waals surface area contributed by atoms with Gasteiger partial charge in [0.15, 0.2) is 0 Å².